The fourth-order valence-electron chi connectivity index (χ4n) is 1.54. The Morgan fingerprint density at radius 1 is 0.875 bits per heavy atom. The summed E-state index contributed by atoms with van der Waals surface area (Å²) in [4.78, 5) is 0. The highest BCUT2D eigenvalue weighted by Crippen LogP contribution is 2.38. The fraction of sp³-hybridized carbons (Fsp3) is 0. The van der Waals surface area contributed by atoms with E-state index in [1.54, 1.807) is 30.3 Å². The Labute approximate surface area is 103 Å². The van der Waals surface area contributed by atoms with E-state index < -0.39 is 5.82 Å². The van der Waals surface area contributed by atoms with Gasteiger partial charge in [-0.2, -0.15) is 0 Å². The lowest BCUT2D eigenvalue weighted by molar-refractivity contribution is 0.632. The van der Waals surface area contributed by atoms with Crippen molar-refractivity contribution in [1.82, 2.24) is 0 Å². The second-order valence-electron chi connectivity index (χ2n) is 3.30. The molecule has 0 amide bonds. The largest absolute Gasteiger partial charge is 0.398 e. The maximum absolute atomic E-state index is 13.7. The molecule has 0 spiro atoms. The summed E-state index contributed by atoms with van der Waals surface area (Å²) < 4.78 is 13.7. The molecule has 16 heavy (non-hydrogen) atoms. The predicted octanol–water partition coefficient (Wildman–Crippen LogP) is 4.38. The Balaban J connectivity index is 2.77. The maximum Gasteiger partial charge on any atom is 0.133 e. The van der Waals surface area contributed by atoms with E-state index in [4.69, 9.17) is 28.9 Å². The summed E-state index contributed by atoms with van der Waals surface area (Å²) in [5.74, 6) is -0.435. The van der Waals surface area contributed by atoms with E-state index in [9.17, 15) is 4.39 Å². The van der Waals surface area contributed by atoms with Crippen molar-refractivity contribution in [3.05, 3.63) is 52.3 Å². The van der Waals surface area contributed by atoms with Crippen LogP contribution in [0.2, 0.25) is 10.0 Å². The first-order chi connectivity index (χ1) is 7.61. The van der Waals surface area contributed by atoms with Crippen molar-refractivity contribution in [3.8, 4) is 11.1 Å². The first kappa shape index (κ1) is 11.2. The second-order valence-corrected chi connectivity index (χ2v) is 4.12. The Hall–Kier alpha value is -1.25. The summed E-state index contributed by atoms with van der Waals surface area (Å²) in [6, 6.07) is 9.47. The van der Waals surface area contributed by atoms with Crippen LogP contribution >= 0.6 is 23.2 Å². The zero-order valence-electron chi connectivity index (χ0n) is 8.18. The van der Waals surface area contributed by atoms with Crippen LogP contribution in [0.4, 0.5) is 10.1 Å². The van der Waals surface area contributed by atoms with Gasteiger partial charge in [-0.3, -0.25) is 0 Å². The topological polar surface area (TPSA) is 26.0 Å². The maximum atomic E-state index is 13.7. The number of halogens is 3. The van der Waals surface area contributed by atoms with Gasteiger partial charge in [0.25, 0.3) is 0 Å². The molecule has 0 heterocycles. The highest BCUT2D eigenvalue weighted by molar-refractivity contribution is 6.39. The normalized spacial score (nSPS) is 10.4. The Kier molecular flexibility index (Phi) is 3.03. The molecule has 2 N–H and O–H groups in total. The Morgan fingerprint density at radius 2 is 1.44 bits per heavy atom. The van der Waals surface area contributed by atoms with Crippen LogP contribution in [0.25, 0.3) is 11.1 Å². The van der Waals surface area contributed by atoms with Crippen LogP contribution in [0.15, 0.2) is 36.4 Å². The van der Waals surface area contributed by atoms with Crippen molar-refractivity contribution < 1.29 is 4.39 Å². The first-order valence-electron chi connectivity index (χ1n) is 4.59. The minimum absolute atomic E-state index is 0.248. The number of rotatable bonds is 1. The van der Waals surface area contributed by atoms with Crippen LogP contribution in [0.3, 0.4) is 0 Å². The van der Waals surface area contributed by atoms with Crippen LogP contribution < -0.4 is 5.73 Å². The van der Waals surface area contributed by atoms with Gasteiger partial charge < -0.3 is 5.73 Å². The van der Waals surface area contributed by atoms with E-state index >= 15 is 0 Å². The molecule has 1 nitrogen and oxygen atoms in total. The van der Waals surface area contributed by atoms with Gasteiger partial charge >= 0.3 is 0 Å². The number of benzene rings is 2. The second kappa shape index (κ2) is 4.32. The molecule has 2 aromatic rings. The standard InChI is InChI=1S/C12H8Cl2FN/c13-7-3-1-4-8(14)11(7)12-9(15)5-2-6-10(12)16/h1-6H,16H2. The summed E-state index contributed by atoms with van der Waals surface area (Å²) in [5.41, 5.74) is 6.73. The molecule has 0 aliphatic heterocycles. The predicted molar refractivity (Wildman–Crippen MR) is 66.3 cm³/mol. The lowest BCUT2D eigenvalue weighted by Crippen LogP contribution is -1.94. The molecule has 0 atom stereocenters. The van der Waals surface area contributed by atoms with Gasteiger partial charge in [0.1, 0.15) is 5.82 Å². The molecule has 0 aliphatic carbocycles. The number of nitrogen functional groups attached to an aromatic ring is 1. The smallest absolute Gasteiger partial charge is 0.133 e. The van der Waals surface area contributed by atoms with E-state index in [1.165, 1.54) is 6.07 Å². The summed E-state index contributed by atoms with van der Waals surface area (Å²) in [6.07, 6.45) is 0. The summed E-state index contributed by atoms with van der Waals surface area (Å²) >= 11 is 12.0. The average molecular weight is 256 g/mol. The zero-order chi connectivity index (χ0) is 11.7. The fourth-order valence-corrected chi connectivity index (χ4v) is 2.13. The van der Waals surface area contributed by atoms with Gasteiger partial charge in [0.15, 0.2) is 0 Å². The molecular formula is C12H8Cl2FN. The van der Waals surface area contributed by atoms with Gasteiger partial charge in [0.05, 0.1) is 10.0 Å². The Bertz CT molecular complexity index is 451. The molecule has 2 aromatic carbocycles. The monoisotopic (exact) mass is 255 g/mol. The lowest BCUT2D eigenvalue weighted by atomic mass is 10.0. The third-order valence-electron chi connectivity index (χ3n) is 2.26. The summed E-state index contributed by atoms with van der Waals surface area (Å²) in [7, 11) is 0. The molecule has 0 aromatic heterocycles. The number of hydrogen-bond donors (Lipinski definition) is 1. The lowest BCUT2D eigenvalue weighted by Gasteiger charge is -2.10. The van der Waals surface area contributed by atoms with Gasteiger partial charge in [-0.15, -0.1) is 0 Å². The number of nitrogens with two attached hydrogens (primary N) is 1. The van der Waals surface area contributed by atoms with Crippen LogP contribution in [-0.4, -0.2) is 0 Å². The zero-order valence-corrected chi connectivity index (χ0v) is 9.69. The molecule has 4 heteroatoms. The van der Waals surface area contributed by atoms with E-state index in [2.05, 4.69) is 0 Å². The summed E-state index contributed by atoms with van der Waals surface area (Å²) in [5, 5.41) is 0.758. The molecule has 0 unspecified atom stereocenters. The van der Waals surface area contributed by atoms with Crippen LogP contribution in [-0.2, 0) is 0 Å². The van der Waals surface area contributed by atoms with Crippen molar-refractivity contribution in [1.29, 1.82) is 0 Å². The van der Waals surface area contributed by atoms with Crippen LogP contribution in [0, 0.1) is 5.82 Å². The summed E-state index contributed by atoms with van der Waals surface area (Å²) in [6.45, 7) is 0. The highest BCUT2D eigenvalue weighted by Gasteiger charge is 2.15. The van der Waals surface area contributed by atoms with E-state index in [0.717, 1.165) is 0 Å². The molecule has 2 rings (SSSR count). The van der Waals surface area contributed by atoms with Gasteiger partial charge in [-0.1, -0.05) is 35.3 Å². The van der Waals surface area contributed by atoms with Gasteiger partial charge in [-0.05, 0) is 24.3 Å². The number of hydrogen-bond acceptors (Lipinski definition) is 1. The van der Waals surface area contributed by atoms with Gasteiger partial charge in [-0.25, -0.2) is 4.39 Å². The minimum Gasteiger partial charge on any atom is -0.398 e. The number of anilines is 1. The van der Waals surface area contributed by atoms with Crippen molar-refractivity contribution in [2.24, 2.45) is 0 Å². The van der Waals surface area contributed by atoms with E-state index in [0.29, 0.717) is 21.3 Å². The van der Waals surface area contributed by atoms with E-state index in [1.807, 2.05) is 0 Å². The molecule has 82 valence electrons. The van der Waals surface area contributed by atoms with Gasteiger partial charge in [0.2, 0.25) is 0 Å². The molecule has 0 radical (unpaired) electrons. The highest BCUT2D eigenvalue weighted by atomic mass is 35.5. The van der Waals surface area contributed by atoms with Crippen molar-refractivity contribution >= 4 is 28.9 Å². The van der Waals surface area contributed by atoms with Crippen molar-refractivity contribution in [2.45, 2.75) is 0 Å². The molecule has 0 fully saturated rings. The molecule has 0 aliphatic rings. The average Bonchev–Trinajstić information content (AvgIpc) is 2.21. The molecule has 0 bridgehead atoms. The van der Waals surface area contributed by atoms with Crippen LogP contribution in [0.1, 0.15) is 0 Å². The SMILES string of the molecule is Nc1cccc(F)c1-c1c(Cl)cccc1Cl. The van der Waals surface area contributed by atoms with E-state index in [-0.39, 0.29) is 5.56 Å². The minimum atomic E-state index is -0.435. The first-order valence-corrected chi connectivity index (χ1v) is 5.35. The van der Waals surface area contributed by atoms with Crippen molar-refractivity contribution in [2.75, 3.05) is 5.73 Å². The third-order valence-corrected chi connectivity index (χ3v) is 2.89. The van der Waals surface area contributed by atoms with Gasteiger partial charge in [0, 0.05) is 16.8 Å². The molecular weight excluding hydrogens is 248 g/mol. The third kappa shape index (κ3) is 1.86. The molecule has 0 saturated heterocycles. The molecule has 0 saturated carbocycles. The van der Waals surface area contributed by atoms with Crippen molar-refractivity contribution in [3.63, 3.8) is 0 Å². The Morgan fingerprint density at radius 3 is 2.00 bits per heavy atom. The van der Waals surface area contributed by atoms with Crippen LogP contribution in [0.5, 0.6) is 0 Å². The quantitative estimate of drug-likeness (QED) is 0.752.